The number of hydrogen-bond acceptors (Lipinski definition) is 10. The molecule has 0 aliphatic carbocycles. The smallest absolute Gasteiger partial charge is 0.246 e. The maximum Gasteiger partial charge on any atom is 0.246 e. The lowest BCUT2D eigenvalue weighted by Crippen LogP contribution is -2.32. The van der Waals surface area contributed by atoms with Gasteiger partial charge in [0.2, 0.25) is 5.91 Å². The van der Waals surface area contributed by atoms with Gasteiger partial charge in [-0.15, -0.1) is 0 Å². The zero-order chi connectivity index (χ0) is 44.2. The van der Waals surface area contributed by atoms with Crippen LogP contribution in [-0.2, 0) is 17.6 Å². The molecule has 2 fully saturated rings. The summed E-state index contributed by atoms with van der Waals surface area (Å²) in [7, 11) is 6.22. The number of nitrogens with one attached hydrogen (secondary N) is 1. The van der Waals surface area contributed by atoms with E-state index in [0.717, 1.165) is 70.4 Å². The quantitative estimate of drug-likeness (QED) is 0.126. The highest BCUT2D eigenvalue weighted by atomic mass is 35.5. The minimum Gasteiger partial charge on any atom is -0.495 e. The van der Waals surface area contributed by atoms with Crippen LogP contribution in [0.5, 0.6) is 23.0 Å². The molecule has 1 amide bonds. The molecule has 6 aromatic rings. The van der Waals surface area contributed by atoms with Crippen molar-refractivity contribution < 1.29 is 23.7 Å². The van der Waals surface area contributed by atoms with Crippen LogP contribution in [0.1, 0.15) is 38.3 Å². The Balaban J connectivity index is 0.000000188. The molecule has 62 heavy (non-hydrogen) atoms. The van der Waals surface area contributed by atoms with Gasteiger partial charge in [-0.3, -0.25) is 4.79 Å². The van der Waals surface area contributed by atoms with Crippen LogP contribution in [0.4, 0.5) is 0 Å². The zero-order valence-electron chi connectivity index (χ0n) is 35.4. The lowest BCUT2D eigenvalue weighted by atomic mass is 10.0. The van der Waals surface area contributed by atoms with Gasteiger partial charge in [0, 0.05) is 77.9 Å². The Kier molecular flexibility index (Phi) is 14.3. The molecule has 0 bridgehead atoms. The molecule has 2 aliphatic rings. The van der Waals surface area contributed by atoms with Crippen LogP contribution in [0.25, 0.3) is 44.1 Å². The van der Waals surface area contributed by atoms with Crippen LogP contribution in [0.15, 0.2) is 73.6 Å². The fourth-order valence-electron chi connectivity index (χ4n) is 8.35. The first-order chi connectivity index (χ1) is 29.8. The molecule has 15 heteroatoms. The summed E-state index contributed by atoms with van der Waals surface area (Å²) >= 11 is 26.3. The van der Waals surface area contributed by atoms with Crippen LogP contribution in [0.3, 0.4) is 0 Å². The van der Waals surface area contributed by atoms with Crippen molar-refractivity contribution in [3.05, 3.63) is 105 Å². The van der Waals surface area contributed by atoms with E-state index in [1.165, 1.54) is 6.08 Å². The molecule has 0 unspecified atom stereocenters. The summed E-state index contributed by atoms with van der Waals surface area (Å²) in [6.45, 7) is 9.59. The highest BCUT2D eigenvalue weighted by Gasteiger charge is 2.32. The van der Waals surface area contributed by atoms with Crippen molar-refractivity contribution in [2.75, 3.05) is 41.5 Å². The zero-order valence-corrected chi connectivity index (χ0v) is 38.4. The molecule has 0 radical (unpaired) electrons. The van der Waals surface area contributed by atoms with Crippen LogP contribution in [0, 0.1) is 11.8 Å². The predicted octanol–water partition coefficient (Wildman–Crippen LogP) is 10.7. The van der Waals surface area contributed by atoms with Gasteiger partial charge in [-0.25, -0.2) is 19.9 Å². The van der Waals surface area contributed by atoms with E-state index in [2.05, 4.69) is 35.7 Å². The molecule has 2 saturated heterocycles. The third-order valence-corrected chi connectivity index (χ3v) is 13.0. The number of hydrogen-bond donors (Lipinski definition) is 1. The van der Waals surface area contributed by atoms with E-state index >= 15 is 0 Å². The van der Waals surface area contributed by atoms with E-state index in [9.17, 15) is 4.79 Å². The molecular formula is C47H48Cl4N6O5. The Bertz CT molecular complexity index is 2590. The number of nitrogens with zero attached hydrogens (tertiary/aromatic N) is 5. The molecule has 1 N–H and O–H groups in total. The molecule has 4 heterocycles. The normalized spacial score (nSPS) is 18.4. The number of benzene rings is 4. The van der Waals surface area contributed by atoms with Gasteiger partial charge < -0.3 is 29.2 Å². The molecule has 8 rings (SSSR count). The van der Waals surface area contributed by atoms with Crippen LogP contribution >= 0.6 is 46.4 Å². The summed E-state index contributed by atoms with van der Waals surface area (Å²) in [4.78, 5) is 32.6. The molecular weight excluding hydrogens is 870 g/mol. The molecule has 4 atom stereocenters. The molecule has 4 aromatic carbocycles. The topological polar surface area (TPSA) is 121 Å². The van der Waals surface area contributed by atoms with E-state index in [0.29, 0.717) is 85.1 Å². The number of amides is 1. The third-order valence-electron chi connectivity index (χ3n) is 11.5. The van der Waals surface area contributed by atoms with Crippen LogP contribution < -0.4 is 24.3 Å². The summed E-state index contributed by atoms with van der Waals surface area (Å²) in [5.41, 5.74) is 4.70. The van der Waals surface area contributed by atoms with E-state index < -0.39 is 0 Å². The monoisotopic (exact) mass is 916 g/mol. The number of fused-ring (bicyclic) bond motifs is 2. The first kappa shape index (κ1) is 45.1. The van der Waals surface area contributed by atoms with Gasteiger partial charge in [-0.2, -0.15) is 0 Å². The van der Waals surface area contributed by atoms with E-state index in [4.69, 9.17) is 75.3 Å². The maximum atomic E-state index is 12.0. The number of carbonyl (C=O) groups is 1. The number of ether oxygens (including phenoxy) is 4. The van der Waals surface area contributed by atoms with Gasteiger partial charge in [-0.05, 0) is 86.5 Å². The summed E-state index contributed by atoms with van der Waals surface area (Å²) in [5, 5.41) is 6.99. The maximum absolute atomic E-state index is 12.0. The highest BCUT2D eigenvalue weighted by Crippen LogP contribution is 2.47. The molecule has 2 aliphatic heterocycles. The first-order valence-corrected chi connectivity index (χ1v) is 21.8. The van der Waals surface area contributed by atoms with Gasteiger partial charge in [-0.1, -0.05) is 65.1 Å². The third kappa shape index (κ3) is 9.52. The second-order valence-corrected chi connectivity index (χ2v) is 17.2. The number of rotatable bonds is 11. The summed E-state index contributed by atoms with van der Waals surface area (Å²) in [5.74, 6) is 4.51. The standard InChI is InChI=1S/C25H25Cl2N3O3.C22H23Cl2N3O2/c1-5-22(31)30-13-15(8-14(30)2)9-21-28-12-17-10-16(6-7-18(17)29-21)23-24(26)19(32-3)11-20(33-4)25(23)27;1-12-6-13(10-25-12)7-19-26-11-15-8-14(4-5-16(15)27-19)20-21(23)17(28-2)9-18(29-3)22(20)24/h5-7,10-12,14-15H,1,8-9,13H2,2-4H3;4-5,8-9,11-13,25H,6-7,10H2,1-3H3/t14-,15-;12-,13-/m11/s1. The molecule has 324 valence electrons. The second kappa shape index (κ2) is 19.6. The van der Waals surface area contributed by atoms with Gasteiger partial charge in [0.15, 0.2) is 0 Å². The van der Waals surface area contributed by atoms with Gasteiger partial charge in [0.05, 0.1) is 59.6 Å². The van der Waals surface area contributed by atoms with Crippen molar-refractivity contribution >= 4 is 74.1 Å². The second-order valence-electron chi connectivity index (χ2n) is 15.7. The SMILES string of the molecule is C=CC(=O)N1C[C@@H](Cc2ncc3cc(-c4c(Cl)c(OC)cc(OC)c4Cl)ccc3n2)C[C@H]1C.COc1cc(OC)c(Cl)c(-c2ccc3nc(C[C@@H]4CN[C@H](C)C4)ncc3c2)c1Cl. The molecule has 2 aromatic heterocycles. The van der Waals surface area contributed by atoms with Gasteiger partial charge in [0.1, 0.15) is 34.6 Å². The predicted molar refractivity (Wildman–Crippen MR) is 249 cm³/mol. The van der Waals surface area contributed by atoms with Gasteiger partial charge >= 0.3 is 0 Å². The number of aromatic nitrogens is 4. The lowest BCUT2D eigenvalue weighted by Gasteiger charge is -2.19. The summed E-state index contributed by atoms with van der Waals surface area (Å²) < 4.78 is 21.5. The molecule has 11 nitrogen and oxygen atoms in total. The Morgan fingerprint density at radius 2 is 1.16 bits per heavy atom. The number of methoxy groups -OCH3 is 4. The fraction of sp³-hybridized carbons (Fsp3) is 0.340. The Morgan fingerprint density at radius 1 is 0.710 bits per heavy atom. The summed E-state index contributed by atoms with van der Waals surface area (Å²) in [6.07, 6.45) is 8.74. The van der Waals surface area contributed by atoms with Crippen molar-refractivity contribution in [1.82, 2.24) is 30.2 Å². The van der Waals surface area contributed by atoms with Crippen LogP contribution in [-0.4, -0.2) is 84.4 Å². The average Bonchev–Trinajstić information content (AvgIpc) is 3.86. The fourth-order valence-corrected chi connectivity index (χ4v) is 9.79. The minimum atomic E-state index is -0.0246. The van der Waals surface area contributed by atoms with Crippen molar-refractivity contribution in [2.24, 2.45) is 11.8 Å². The number of carbonyl (C=O) groups excluding carboxylic acids is 1. The highest BCUT2D eigenvalue weighted by molar-refractivity contribution is 6.42. The largest absolute Gasteiger partial charge is 0.495 e. The molecule has 0 spiro atoms. The van der Waals surface area contributed by atoms with Crippen molar-refractivity contribution in [1.29, 1.82) is 0 Å². The van der Waals surface area contributed by atoms with Crippen molar-refractivity contribution in [3.8, 4) is 45.3 Å². The lowest BCUT2D eigenvalue weighted by molar-refractivity contribution is -0.126. The summed E-state index contributed by atoms with van der Waals surface area (Å²) in [6, 6.07) is 15.8. The van der Waals surface area contributed by atoms with E-state index in [1.807, 2.05) is 53.7 Å². The Hall–Kier alpha value is -4.91. The average molecular weight is 919 g/mol. The minimum absolute atomic E-state index is 0.0246. The van der Waals surface area contributed by atoms with E-state index in [-0.39, 0.29) is 11.9 Å². The van der Waals surface area contributed by atoms with Crippen LogP contribution in [0.2, 0.25) is 20.1 Å². The first-order valence-electron chi connectivity index (χ1n) is 20.2. The number of halogens is 4. The van der Waals surface area contributed by atoms with E-state index in [1.54, 1.807) is 40.6 Å². The van der Waals surface area contributed by atoms with Crippen molar-refractivity contribution in [2.45, 2.75) is 51.6 Å². The Morgan fingerprint density at radius 3 is 1.56 bits per heavy atom. The van der Waals surface area contributed by atoms with Gasteiger partial charge in [0.25, 0.3) is 0 Å². The van der Waals surface area contributed by atoms with Crippen molar-refractivity contribution in [3.63, 3.8) is 0 Å². The number of likely N-dealkylation sites (tertiary alicyclic amines) is 1. The molecule has 0 saturated carbocycles. The Labute approximate surface area is 381 Å².